The summed E-state index contributed by atoms with van der Waals surface area (Å²) in [5, 5.41) is 4.75. The van der Waals surface area contributed by atoms with Crippen molar-refractivity contribution in [1.82, 2.24) is 14.6 Å². The Kier molecular flexibility index (Phi) is 3.59. The summed E-state index contributed by atoms with van der Waals surface area (Å²) in [5.74, 6) is 0. The molecule has 23 heavy (non-hydrogen) atoms. The highest BCUT2D eigenvalue weighted by Gasteiger charge is 2.17. The number of H-pyrrole nitrogens is 1. The molecule has 0 atom stereocenters. The van der Waals surface area contributed by atoms with E-state index in [1.54, 1.807) is 18.2 Å². The van der Waals surface area contributed by atoms with Gasteiger partial charge in [-0.25, -0.2) is 4.98 Å². The smallest absolute Gasteiger partial charge is 0.280 e. The molecule has 0 fully saturated rings. The summed E-state index contributed by atoms with van der Waals surface area (Å²) in [6, 6.07) is 12.5. The van der Waals surface area contributed by atoms with Gasteiger partial charge in [0.25, 0.3) is 5.56 Å². The van der Waals surface area contributed by atoms with Crippen molar-refractivity contribution in [3.05, 3.63) is 66.4 Å². The van der Waals surface area contributed by atoms with Crippen LogP contribution in [-0.2, 0) is 0 Å². The molecule has 1 N–H and O–H groups in total. The van der Waals surface area contributed by atoms with Gasteiger partial charge in [0.15, 0.2) is 5.65 Å². The number of para-hydroxylation sites is 1. The molecule has 0 aliphatic heterocycles. The molecule has 114 valence electrons. The van der Waals surface area contributed by atoms with Gasteiger partial charge in [-0.3, -0.25) is 9.89 Å². The summed E-state index contributed by atoms with van der Waals surface area (Å²) in [7, 11) is 0. The largest absolute Gasteiger partial charge is 0.288 e. The summed E-state index contributed by atoms with van der Waals surface area (Å²) in [6.07, 6.45) is 0. The Hall–Kier alpha value is -1.57. The number of halogens is 3. The second-order valence-electron chi connectivity index (χ2n) is 5.02. The van der Waals surface area contributed by atoms with Crippen LogP contribution in [0.5, 0.6) is 0 Å². The minimum atomic E-state index is -0.139. The van der Waals surface area contributed by atoms with Gasteiger partial charge in [0.2, 0.25) is 0 Å². The Balaban J connectivity index is 2.10. The first kappa shape index (κ1) is 15.0. The fourth-order valence-corrected chi connectivity index (χ4v) is 3.80. The first-order valence-corrected chi connectivity index (χ1v) is 8.54. The van der Waals surface area contributed by atoms with Crippen molar-refractivity contribution in [1.29, 1.82) is 0 Å². The molecule has 2 heterocycles. The van der Waals surface area contributed by atoms with Crippen molar-refractivity contribution in [2.24, 2.45) is 0 Å². The van der Waals surface area contributed by atoms with E-state index in [2.05, 4.69) is 32.7 Å². The first-order chi connectivity index (χ1) is 11.1. The van der Waals surface area contributed by atoms with Gasteiger partial charge in [-0.15, -0.1) is 0 Å². The first-order valence-electron chi connectivity index (χ1n) is 6.70. The topological polar surface area (TPSA) is 50.2 Å². The number of fused-ring (bicyclic) bond motifs is 2. The maximum Gasteiger partial charge on any atom is 0.280 e. The zero-order valence-corrected chi connectivity index (χ0v) is 15.1. The lowest BCUT2D eigenvalue weighted by Gasteiger charge is -2.02. The van der Waals surface area contributed by atoms with E-state index in [4.69, 9.17) is 23.2 Å². The van der Waals surface area contributed by atoms with Crippen molar-refractivity contribution in [3.8, 4) is 11.3 Å². The van der Waals surface area contributed by atoms with E-state index in [-0.39, 0.29) is 5.56 Å². The third-order valence-electron chi connectivity index (χ3n) is 3.62. The van der Waals surface area contributed by atoms with Crippen LogP contribution in [0.1, 0.15) is 0 Å². The molecule has 0 saturated heterocycles. The predicted molar refractivity (Wildman–Crippen MR) is 101 cm³/mol. The average Bonchev–Trinajstić information content (AvgIpc) is 2.85. The lowest BCUT2D eigenvalue weighted by Crippen LogP contribution is -2.15. The van der Waals surface area contributed by atoms with Crippen LogP contribution in [0.25, 0.3) is 27.8 Å². The molecule has 0 radical (unpaired) electrons. The van der Waals surface area contributed by atoms with Crippen LogP contribution >= 0.6 is 45.8 Å². The van der Waals surface area contributed by atoms with E-state index in [0.29, 0.717) is 26.6 Å². The Labute approximate surface area is 154 Å². The summed E-state index contributed by atoms with van der Waals surface area (Å²) in [5.41, 5.74) is 2.62. The van der Waals surface area contributed by atoms with Crippen LogP contribution in [-0.4, -0.2) is 14.6 Å². The molecule has 2 aromatic heterocycles. The Morgan fingerprint density at radius 1 is 1.13 bits per heavy atom. The van der Waals surface area contributed by atoms with E-state index < -0.39 is 0 Å². The SMILES string of the molecule is O=c1c2ccccc2nc2c(I)c(-c3ccc(Cl)cc3Cl)[nH]n12. The fourth-order valence-electron chi connectivity index (χ4n) is 2.53. The second kappa shape index (κ2) is 5.51. The van der Waals surface area contributed by atoms with E-state index in [1.807, 2.05) is 24.3 Å². The molecule has 0 unspecified atom stereocenters. The van der Waals surface area contributed by atoms with Gasteiger partial charge in [0, 0.05) is 10.6 Å². The zero-order chi connectivity index (χ0) is 16.1. The van der Waals surface area contributed by atoms with Gasteiger partial charge in [-0.05, 0) is 52.9 Å². The van der Waals surface area contributed by atoms with E-state index >= 15 is 0 Å². The van der Waals surface area contributed by atoms with Crippen molar-refractivity contribution < 1.29 is 0 Å². The van der Waals surface area contributed by atoms with Crippen LogP contribution in [0, 0.1) is 3.57 Å². The summed E-state index contributed by atoms with van der Waals surface area (Å²) in [4.78, 5) is 17.2. The Bertz CT molecular complexity index is 1130. The van der Waals surface area contributed by atoms with E-state index in [0.717, 1.165) is 14.8 Å². The normalized spacial score (nSPS) is 11.4. The van der Waals surface area contributed by atoms with Gasteiger partial charge < -0.3 is 0 Å². The third-order valence-corrected chi connectivity index (χ3v) is 5.19. The van der Waals surface area contributed by atoms with Crippen molar-refractivity contribution in [3.63, 3.8) is 0 Å². The number of aromatic amines is 1. The van der Waals surface area contributed by atoms with Gasteiger partial charge in [0.1, 0.15) is 0 Å². The minimum absolute atomic E-state index is 0.139. The number of nitrogens with one attached hydrogen (secondary N) is 1. The minimum Gasteiger partial charge on any atom is -0.288 e. The summed E-state index contributed by atoms with van der Waals surface area (Å²) < 4.78 is 2.28. The summed E-state index contributed by atoms with van der Waals surface area (Å²) in [6.45, 7) is 0. The maximum atomic E-state index is 12.7. The molecule has 0 spiro atoms. The summed E-state index contributed by atoms with van der Waals surface area (Å²) >= 11 is 14.4. The van der Waals surface area contributed by atoms with Crippen LogP contribution in [0.4, 0.5) is 0 Å². The number of nitrogens with zero attached hydrogens (tertiary/aromatic N) is 2. The van der Waals surface area contributed by atoms with Gasteiger partial charge in [-0.2, -0.15) is 4.52 Å². The Morgan fingerprint density at radius 2 is 1.91 bits per heavy atom. The third kappa shape index (κ3) is 2.34. The number of hydrogen-bond acceptors (Lipinski definition) is 2. The quantitative estimate of drug-likeness (QED) is 0.421. The zero-order valence-electron chi connectivity index (χ0n) is 11.5. The van der Waals surface area contributed by atoms with Crippen LogP contribution in [0.2, 0.25) is 10.0 Å². The molecule has 0 aliphatic carbocycles. The van der Waals surface area contributed by atoms with Crippen molar-refractivity contribution in [2.75, 3.05) is 0 Å². The van der Waals surface area contributed by atoms with E-state index in [9.17, 15) is 4.79 Å². The molecule has 2 aromatic carbocycles. The van der Waals surface area contributed by atoms with Crippen LogP contribution in [0.15, 0.2) is 47.3 Å². The van der Waals surface area contributed by atoms with Gasteiger partial charge in [-0.1, -0.05) is 35.3 Å². The molecule has 0 amide bonds. The number of benzene rings is 2. The second-order valence-corrected chi connectivity index (χ2v) is 6.94. The lowest BCUT2D eigenvalue weighted by molar-refractivity contribution is 0.919. The standard InChI is InChI=1S/C16H8Cl2IN3O/c17-8-5-6-9(11(18)7-8)14-13(19)15-20-12-4-2-1-3-10(12)16(23)22(15)21-14/h1-7,21H. The van der Waals surface area contributed by atoms with Crippen LogP contribution in [0.3, 0.4) is 0 Å². The van der Waals surface area contributed by atoms with Crippen molar-refractivity contribution >= 4 is 62.3 Å². The monoisotopic (exact) mass is 455 g/mol. The Morgan fingerprint density at radius 3 is 2.70 bits per heavy atom. The molecule has 7 heteroatoms. The molecule has 4 nitrogen and oxygen atoms in total. The highest BCUT2D eigenvalue weighted by Crippen LogP contribution is 2.33. The molecule has 0 bridgehead atoms. The number of rotatable bonds is 1. The molecular formula is C16H8Cl2IN3O. The van der Waals surface area contributed by atoms with Crippen molar-refractivity contribution in [2.45, 2.75) is 0 Å². The molecule has 4 rings (SSSR count). The van der Waals surface area contributed by atoms with Gasteiger partial charge >= 0.3 is 0 Å². The fraction of sp³-hybridized carbons (Fsp3) is 0. The highest BCUT2D eigenvalue weighted by molar-refractivity contribution is 14.1. The highest BCUT2D eigenvalue weighted by atomic mass is 127. The van der Waals surface area contributed by atoms with Crippen LogP contribution < -0.4 is 5.56 Å². The number of hydrogen-bond donors (Lipinski definition) is 1. The molecule has 0 saturated carbocycles. The molecule has 4 aromatic rings. The molecular weight excluding hydrogens is 448 g/mol. The van der Waals surface area contributed by atoms with Gasteiger partial charge in [0.05, 0.1) is 25.2 Å². The number of aromatic nitrogens is 3. The van der Waals surface area contributed by atoms with E-state index in [1.165, 1.54) is 4.52 Å². The lowest BCUT2D eigenvalue weighted by atomic mass is 10.1. The predicted octanol–water partition coefficient (Wildman–Crippen LogP) is 4.75. The maximum absolute atomic E-state index is 12.7. The molecule has 0 aliphatic rings. The average molecular weight is 456 g/mol.